The molecule has 6 heteroatoms. The first-order valence-electron chi connectivity index (χ1n) is 7.20. The van der Waals surface area contributed by atoms with Crippen molar-refractivity contribution in [2.24, 2.45) is 5.73 Å². The summed E-state index contributed by atoms with van der Waals surface area (Å²) in [5.74, 6) is -0.751. The molecule has 2 rings (SSSR count). The van der Waals surface area contributed by atoms with E-state index in [0.717, 1.165) is 38.5 Å². The van der Waals surface area contributed by atoms with E-state index < -0.39 is 9.84 Å². The lowest BCUT2D eigenvalue weighted by Gasteiger charge is -2.28. The van der Waals surface area contributed by atoms with E-state index in [1.807, 2.05) is 0 Å². The highest BCUT2D eigenvalue weighted by molar-refractivity contribution is 7.92. The Balaban J connectivity index is 1.93. The Labute approximate surface area is 115 Å². The molecule has 0 atom stereocenters. The predicted molar refractivity (Wildman–Crippen MR) is 74.4 cm³/mol. The van der Waals surface area contributed by atoms with Crippen LogP contribution in [-0.2, 0) is 14.6 Å². The van der Waals surface area contributed by atoms with Gasteiger partial charge in [0.2, 0.25) is 5.91 Å². The topological polar surface area (TPSA) is 89.3 Å². The second-order valence-electron chi connectivity index (χ2n) is 5.95. The third-order valence-electron chi connectivity index (χ3n) is 4.50. The minimum atomic E-state index is -3.29. The van der Waals surface area contributed by atoms with Gasteiger partial charge in [-0.05, 0) is 25.7 Å². The molecule has 0 saturated heterocycles. The first-order valence-corrected chi connectivity index (χ1v) is 8.92. The predicted octanol–water partition coefficient (Wildman–Crippen LogP) is 0.731. The number of hydrogen-bond donors (Lipinski definition) is 2. The summed E-state index contributed by atoms with van der Waals surface area (Å²) in [6.45, 7) is 0.391. The fraction of sp³-hybridized carbons (Fsp3) is 0.923. The summed E-state index contributed by atoms with van der Waals surface area (Å²) in [6.07, 6.45) is 7.14. The largest absolute Gasteiger partial charge is 0.349 e. The van der Waals surface area contributed by atoms with Crippen LogP contribution < -0.4 is 11.1 Å². The third kappa shape index (κ3) is 3.48. The molecule has 2 saturated carbocycles. The van der Waals surface area contributed by atoms with Gasteiger partial charge in [0, 0.05) is 6.54 Å². The second kappa shape index (κ2) is 5.79. The number of carbonyl (C=O) groups is 1. The van der Waals surface area contributed by atoms with Crippen LogP contribution in [0.1, 0.15) is 51.4 Å². The summed E-state index contributed by atoms with van der Waals surface area (Å²) in [5.41, 5.74) is 5.38. The molecule has 0 aliphatic heterocycles. The minimum absolute atomic E-state index is 0.310. The van der Waals surface area contributed by atoms with Gasteiger partial charge in [0.1, 0.15) is 5.75 Å². The first-order chi connectivity index (χ1) is 8.97. The van der Waals surface area contributed by atoms with Gasteiger partial charge in [-0.1, -0.05) is 25.7 Å². The molecule has 2 aliphatic carbocycles. The fourth-order valence-corrected chi connectivity index (χ4v) is 5.04. The molecule has 19 heavy (non-hydrogen) atoms. The zero-order valence-electron chi connectivity index (χ0n) is 11.4. The van der Waals surface area contributed by atoms with Crippen molar-refractivity contribution < 1.29 is 13.2 Å². The molecule has 0 spiro atoms. The molecule has 5 nitrogen and oxygen atoms in total. The Kier molecular flexibility index (Phi) is 4.50. The van der Waals surface area contributed by atoms with Gasteiger partial charge in [-0.2, -0.15) is 0 Å². The van der Waals surface area contributed by atoms with Crippen LogP contribution >= 0.6 is 0 Å². The number of sulfone groups is 1. The Morgan fingerprint density at radius 3 is 2.26 bits per heavy atom. The van der Waals surface area contributed by atoms with E-state index in [1.165, 1.54) is 0 Å². The maximum Gasteiger partial charge on any atom is 0.235 e. The average molecular weight is 288 g/mol. The molecule has 3 N–H and O–H groups in total. The second-order valence-corrected chi connectivity index (χ2v) is 8.23. The summed E-state index contributed by atoms with van der Waals surface area (Å²) in [7, 11) is -3.29. The molecular formula is C13H24N2O3S. The van der Waals surface area contributed by atoms with Crippen molar-refractivity contribution in [1.82, 2.24) is 5.32 Å². The van der Waals surface area contributed by atoms with Crippen LogP contribution in [0.2, 0.25) is 0 Å². The molecule has 0 aromatic rings. The maximum atomic E-state index is 12.1. The Bertz CT molecular complexity index is 421. The lowest BCUT2D eigenvalue weighted by Crippen LogP contribution is -2.53. The number of amides is 1. The molecule has 0 bridgehead atoms. The van der Waals surface area contributed by atoms with Gasteiger partial charge in [0.25, 0.3) is 0 Å². The number of nitrogens with two attached hydrogens (primary N) is 1. The van der Waals surface area contributed by atoms with Gasteiger partial charge in [-0.15, -0.1) is 0 Å². The van der Waals surface area contributed by atoms with E-state index in [1.54, 1.807) is 0 Å². The average Bonchev–Trinajstić information content (AvgIpc) is 2.99. The van der Waals surface area contributed by atoms with Crippen LogP contribution in [0.3, 0.4) is 0 Å². The van der Waals surface area contributed by atoms with Gasteiger partial charge in [-0.25, -0.2) is 8.42 Å². The summed E-state index contributed by atoms with van der Waals surface area (Å²) < 4.78 is 24.2. The van der Waals surface area contributed by atoms with Gasteiger partial charge >= 0.3 is 0 Å². The Hall–Kier alpha value is -0.620. The molecule has 1 amide bonds. The smallest absolute Gasteiger partial charge is 0.235 e. The van der Waals surface area contributed by atoms with E-state index in [0.29, 0.717) is 19.4 Å². The zero-order valence-corrected chi connectivity index (χ0v) is 12.2. The number of nitrogens with one attached hydrogen (secondary N) is 1. The van der Waals surface area contributed by atoms with Gasteiger partial charge in [-0.3, -0.25) is 4.79 Å². The van der Waals surface area contributed by atoms with Gasteiger partial charge in [0.05, 0.1) is 10.8 Å². The van der Waals surface area contributed by atoms with Crippen LogP contribution in [0.5, 0.6) is 0 Å². The van der Waals surface area contributed by atoms with Gasteiger partial charge < -0.3 is 11.1 Å². The van der Waals surface area contributed by atoms with E-state index in [-0.39, 0.29) is 22.4 Å². The SMILES string of the molecule is NCC1(NC(=O)CS(=O)(=O)C2CCCC2)CCCC1. The van der Waals surface area contributed by atoms with Crippen LogP contribution in [0.4, 0.5) is 0 Å². The maximum absolute atomic E-state index is 12.1. The molecule has 2 aliphatic rings. The van der Waals surface area contributed by atoms with Crippen molar-refractivity contribution in [2.75, 3.05) is 12.3 Å². The fourth-order valence-electron chi connectivity index (χ4n) is 3.31. The molecule has 0 heterocycles. The third-order valence-corrected chi connectivity index (χ3v) is 6.65. The van der Waals surface area contributed by atoms with Gasteiger partial charge in [0.15, 0.2) is 9.84 Å². The number of hydrogen-bond acceptors (Lipinski definition) is 4. The standard InChI is InChI=1S/C13H24N2O3S/c14-10-13(7-3-4-8-13)15-12(16)9-19(17,18)11-5-1-2-6-11/h11H,1-10,14H2,(H,15,16). The molecule has 2 fully saturated rings. The van der Waals surface area contributed by atoms with Crippen LogP contribution in [0, 0.1) is 0 Å². The quantitative estimate of drug-likeness (QED) is 0.780. The van der Waals surface area contributed by atoms with E-state index in [9.17, 15) is 13.2 Å². The van der Waals surface area contributed by atoms with E-state index in [4.69, 9.17) is 5.73 Å². The molecule has 0 unspecified atom stereocenters. The number of rotatable bonds is 5. The highest BCUT2D eigenvalue weighted by atomic mass is 32.2. The summed E-state index contributed by atoms with van der Waals surface area (Å²) in [4.78, 5) is 12.0. The highest BCUT2D eigenvalue weighted by Crippen LogP contribution is 2.29. The highest BCUT2D eigenvalue weighted by Gasteiger charge is 2.36. The monoisotopic (exact) mass is 288 g/mol. The summed E-state index contributed by atoms with van der Waals surface area (Å²) >= 11 is 0. The van der Waals surface area contributed by atoms with Crippen LogP contribution in [-0.4, -0.2) is 37.4 Å². The summed E-state index contributed by atoms with van der Waals surface area (Å²) in [6, 6.07) is 0. The minimum Gasteiger partial charge on any atom is -0.349 e. The van der Waals surface area contributed by atoms with E-state index in [2.05, 4.69) is 5.32 Å². The molecule has 0 aromatic carbocycles. The lowest BCUT2D eigenvalue weighted by atomic mass is 9.98. The Morgan fingerprint density at radius 2 is 1.74 bits per heavy atom. The van der Waals surface area contributed by atoms with E-state index >= 15 is 0 Å². The van der Waals surface area contributed by atoms with Crippen molar-refractivity contribution in [3.63, 3.8) is 0 Å². The molecular weight excluding hydrogens is 264 g/mol. The lowest BCUT2D eigenvalue weighted by molar-refractivity contribution is -0.120. The van der Waals surface area contributed by atoms with Crippen molar-refractivity contribution in [1.29, 1.82) is 0 Å². The van der Waals surface area contributed by atoms with Crippen molar-refractivity contribution in [3.05, 3.63) is 0 Å². The molecule has 110 valence electrons. The molecule has 0 radical (unpaired) electrons. The number of carbonyl (C=O) groups excluding carboxylic acids is 1. The van der Waals surface area contributed by atoms with Crippen LogP contribution in [0.15, 0.2) is 0 Å². The first kappa shape index (κ1) is 14.8. The van der Waals surface area contributed by atoms with Crippen LogP contribution in [0.25, 0.3) is 0 Å². The molecule has 0 aromatic heterocycles. The van der Waals surface area contributed by atoms with Crippen molar-refractivity contribution in [3.8, 4) is 0 Å². The zero-order chi connectivity index (χ0) is 13.9. The van der Waals surface area contributed by atoms with Crippen molar-refractivity contribution in [2.45, 2.75) is 62.2 Å². The Morgan fingerprint density at radius 1 is 1.16 bits per heavy atom. The van der Waals surface area contributed by atoms with Crippen molar-refractivity contribution >= 4 is 15.7 Å². The normalized spacial score (nSPS) is 23.6. The summed E-state index contributed by atoms with van der Waals surface area (Å²) in [5, 5.41) is 2.57.